The van der Waals surface area contributed by atoms with Crippen LogP contribution in [0.4, 0.5) is 0 Å². The first kappa shape index (κ1) is 15.2. The first-order valence-corrected chi connectivity index (χ1v) is 6.18. The molecule has 0 unspecified atom stereocenters. The van der Waals surface area contributed by atoms with E-state index in [-0.39, 0.29) is 12.6 Å². The van der Waals surface area contributed by atoms with Crippen molar-refractivity contribution in [3.8, 4) is 0 Å². The second kappa shape index (κ2) is 7.53. The molecule has 0 spiro atoms. The zero-order chi connectivity index (χ0) is 14.3. The molecule has 0 aliphatic rings. The number of esters is 1. The number of benzene rings is 1. The van der Waals surface area contributed by atoms with E-state index >= 15 is 0 Å². The topological polar surface area (TPSA) is 72.6 Å². The minimum Gasteiger partial charge on any atom is -0.461 e. The van der Waals surface area contributed by atoms with Gasteiger partial charge in [0, 0.05) is 12.0 Å². The number of nitrogens with zero attached hydrogens (tertiary/aromatic N) is 1. The van der Waals surface area contributed by atoms with Crippen molar-refractivity contribution in [2.24, 2.45) is 5.73 Å². The molecule has 0 fully saturated rings. The zero-order valence-electron chi connectivity index (χ0n) is 11.4. The van der Waals surface area contributed by atoms with Crippen LogP contribution in [-0.4, -0.2) is 37.4 Å². The van der Waals surface area contributed by atoms with E-state index in [0.717, 1.165) is 18.5 Å². The van der Waals surface area contributed by atoms with Gasteiger partial charge in [-0.05, 0) is 44.8 Å². The largest absolute Gasteiger partial charge is 0.461 e. The summed E-state index contributed by atoms with van der Waals surface area (Å²) in [5, 5.41) is 0. The molecule has 1 rings (SSSR count). The predicted octanol–water partition coefficient (Wildman–Crippen LogP) is 1.17. The zero-order valence-corrected chi connectivity index (χ0v) is 11.4. The van der Waals surface area contributed by atoms with Crippen molar-refractivity contribution in [2.75, 3.05) is 20.6 Å². The van der Waals surface area contributed by atoms with E-state index in [2.05, 4.69) is 0 Å². The molecular formula is C14H20N2O3. The third-order valence-corrected chi connectivity index (χ3v) is 2.62. The second-order valence-electron chi connectivity index (χ2n) is 4.63. The van der Waals surface area contributed by atoms with Crippen molar-refractivity contribution >= 4 is 11.9 Å². The minimum absolute atomic E-state index is 0.208. The van der Waals surface area contributed by atoms with E-state index in [9.17, 15) is 9.59 Å². The number of ether oxygens (including phenoxy) is 1. The Balaban J connectivity index is 2.32. The van der Waals surface area contributed by atoms with Crippen LogP contribution >= 0.6 is 0 Å². The fraction of sp³-hybridized carbons (Fsp3) is 0.429. The standard InChI is InChI=1S/C14H20N2O3/c1-16(2)9-3-4-13(17)19-10-11-5-7-12(8-6-11)14(15)18/h5-8H,3-4,9-10H2,1-2H3,(H2,15,18). The molecule has 104 valence electrons. The van der Waals surface area contributed by atoms with Crippen LogP contribution in [0.25, 0.3) is 0 Å². The van der Waals surface area contributed by atoms with Crippen molar-refractivity contribution < 1.29 is 14.3 Å². The molecule has 1 aromatic carbocycles. The van der Waals surface area contributed by atoms with E-state index in [1.54, 1.807) is 24.3 Å². The average Bonchev–Trinajstić information content (AvgIpc) is 2.36. The summed E-state index contributed by atoms with van der Waals surface area (Å²) in [5.74, 6) is -0.673. The van der Waals surface area contributed by atoms with Crippen LogP contribution < -0.4 is 5.73 Å². The molecular weight excluding hydrogens is 244 g/mol. The normalized spacial score (nSPS) is 10.5. The smallest absolute Gasteiger partial charge is 0.306 e. The van der Waals surface area contributed by atoms with Crippen molar-refractivity contribution in [1.82, 2.24) is 4.90 Å². The summed E-state index contributed by atoms with van der Waals surface area (Å²) in [6, 6.07) is 6.70. The molecule has 1 aromatic rings. The highest BCUT2D eigenvalue weighted by Crippen LogP contribution is 2.06. The van der Waals surface area contributed by atoms with Gasteiger partial charge in [-0.1, -0.05) is 12.1 Å². The first-order valence-electron chi connectivity index (χ1n) is 6.18. The molecule has 2 N–H and O–H groups in total. The lowest BCUT2D eigenvalue weighted by atomic mass is 10.1. The van der Waals surface area contributed by atoms with Crippen molar-refractivity contribution in [1.29, 1.82) is 0 Å². The molecule has 0 aliphatic carbocycles. The molecule has 19 heavy (non-hydrogen) atoms. The molecule has 5 heteroatoms. The Kier molecular flexibility index (Phi) is 6.02. The predicted molar refractivity (Wildman–Crippen MR) is 72.5 cm³/mol. The molecule has 5 nitrogen and oxygen atoms in total. The molecule has 0 bridgehead atoms. The lowest BCUT2D eigenvalue weighted by Crippen LogP contribution is -2.15. The van der Waals surface area contributed by atoms with E-state index < -0.39 is 5.91 Å². The van der Waals surface area contributed by atoms with Gasteiger partial charge in [-0.3, -0.25) is 9.59 Å². The maximum atomic E-state index is 11.5. The van der Waals surface area contributed by atoms with E-state index in [1.165, 1.54) is 0 Å². The van der Waals surface area contributed by atoms with Gasteiger partial charge in [-0.25, -0.2) is 0 Å². The van der Waals surface area contributed by atoms with E-state index in [1.807, 2.05) is 19.0 Å². The van der Waals surface area contributed by atoms with Gasteiger partial charge in [0.1, 0.15) is 6.61 Å². The first-order chi connectivity index (χ1) is 8.99. The molecule has 0 aromatic heterocycles. The SMILES string of the molecule is CN(C)CCCC(=O)OCc1ccc(C(N)=O)cc1. The lowest BCUT2D eigenvalue weighted by molar-refractivity contribution is -0.145. The van der Waals surface area contributed by atoms with Crippen LogP contribution in [0.15, 0.2) is 24.3 Å². The fourth-order valence-corrected chi connectivity index (χ4v) is 1.54. The highest BCUT2D eigenvalue weighted by atomic mass is 16.5. The summed E-state index contributed by atoms with van der Waals surface area (Å²) < 4.78 is 5.14. The highest BCUT2D eigenvalue weighted by molar-refractivity contribution is 5.92. The van der Waals surface area contributed by atoms with Gasteiger partial charge in [0.2, 0.25) is 5.91 Å². The molecule has 0 saturated heterocycles. The number of amides is 1. The summed E-state index contributed by atoms with van der Waals surface area (Å²) in [4.78, 5) is 24.4. The van der Waals surface area contributed by atoms with Gasteiger partial charge in [0.15, 0.2) is 0 Å². The molecule has 0 atom stereocenters. The minimum atomic E-state index is -0.466. The fourth-order valence-electron chi connectivity index (χ4n) is 1.54. The number of rotatable bonds is 7. The Labute approximate surface area is 113 Å². The average molecular weight is 264 g/mol. The molecule has 0 radical (unpaired) electrons. The number of hydrogen-bond donors (Lipinski definition) is 1. The van der Waals surface area contributed by atoms with Gasteiger partial charge < -0.3 is 15.4 Å². The van der Waals surface area contributed by atoms with Crippen LogP contribution in [0.1, 0.15) is 28.8 Å². The number of primary amides is 1. The van der Waals surface area contributed by atoms with Gasteiger partial charge in [0.25, 0.3) is 0 Å². The Morgan fingerprint density at radius 2 is 1.84 bits per heavy atom. The Morgan fingerprint density at radius 3 is 2.37 bits per heavy atom. The molecule has 0 saturated carbocycles. The second-order valence-corrected chi connectivity index (χ2v) is 4.63. The van der Waals surface area contributed by atoms with Gasteiger partial charge in [0.05, 0.1) is 0 Å². The van der Waals surface area contributed by atoms with Crippen LogP contribution in [-0.2, 0) is 16.1 Å². The number of nitrogens with two attached hydrogens (primary N) is 1. The maximum Gasteiger partial charge on any atom is 0.306 e. The number of carbonyl (C=O) groups is 2. The summed E-state index contributed by atoms with van der Waals surface area (Å²) >= 11 is 0. The van der Waals surface area contributed by atoms with Gasteiger partial charge >= 0.3 is 5.97 Å². The monoisotopic (exact) mass is 264 g/mol. The number of carbonyl (C=O) groups excluding carboxylic acids is 2. The van der Waals surface area contributed by atoms with Crippen LogP contribution in [0, 0.1) is 0 Å². The quantitative estimate of drug-likeness (QED) is 0.750. The lowest BCUT2D eigenvalue weighted by Gasteiger charge is -2.09. The molecule has 0 aliphatic heterocycles. The maximum absolute atomic E-state index is 11.5. The van der Waals surface area contributed by atoms with E-state index in [0.29, 0.717) is 12.0 Å². The van der Waals surface area contributed by atoms with Crippen LogP contribution in [0.5, 0.6) is 0 Å². The molecule has 1 amide bonds. The van der Waals surface area contributed by atoms with Crippen LogP contribution in [0.3, 0.4) is 0 Å². The van der Waals surface area contributed by atoms with Crippen molar-refractivity contribution in [3.05, 3.63) is 35.4 Å². The van der Waals surface area contributed by atoms with Gasteiger partial charge in [-0.2, -0.15) is 0 Å². The van der Waals surface area contributed by atoms with Gasteiger partial charge in [-0.15, -0.1) is 0 Å². The van der Waals surface area contributed by atoms with Crippen LogP contribution in [0.2, 0.25) is 0 Å². The summed E-state index contributed by atoms with van der Waals surface area (Å²) in [5.41, 5.74) is 6.42. The highest BCUT2D eigenvalue weighted by Gasteiger charge is 2.05. The Morgan fingerprint density at radius 1 is 1.21 bits per heavy atom. The third-order valence-electron chi connectivity index (χ3n) is 2.62. The molecule has 0 heterocycles. The summed E-state index contributed by atoms with van der Waals surface area (Å²) in [6.07, 6.45) is 1.20. The third kappa shape index (κ3) is 6.01. The Hall–Kier alpha value is -1.88. The Bertz CT molecular complexity index is 427. The number of hydrogen-bond acceptors (Lipinski definition) is 4. The van der Waals surface area contributed by atoms with E-state index in [4.69, 9.17) is 10.5 Å². The van der Waals surface area contributed by atoms with Crippen molar-refractivity contribution in [3.63, 3.8) is 0 Å². The summed E-state index contributed by atoms with van der Waals surface area (Å²) in [7, 11) is 3.93. The van der Waals surface area contributed by atoms with Crippen molar-refractivity contribution in [2.45, 2.75) is 19.4 Å². The summed E-state index contributed by atoms with van der Waals surface area (Å²) in [6.45, 7) is 1.09.